The average Bonchev–Trinajstić information content (AvgIpc) is 3.12. The van der Waals surface area contributed by atoms with Gasteiger partial charge < -0.3 is 5.32 Å². The van der Waals surface area contributed by atoms with Crippen LogP contribution in [0.5, 0.6) is 0 Å². The molecule has 1 saturated heterocycles. The smallest absolute Gasteiger partial charge is 0.292 e. The molecule has 0 unspecified atom stereocenters. The van der Waals surface area contributed by atoms with Crippen molar-refractivity contribution in [2.45, 2.75) is 19.4 Å². The molecule has 0 spiro atoms. The van der Waals surface area contributed by atoms with Crippen LogP contribution in [0.2, 0.25) is 0 Å². The van der Waals surface area contributed by atoms with E-state index in [4.69, 9.17) is 0 Å². The van der Waals surface area contributed by atoms with Crippen molar-refractivity contribution < 1.29 is 4.79 Å². The summed E-state index contributed by atoms with van der Waals surface area (Å²) in [6.07, 6.45) is 3.88. The number of H-pyrrole nitrogens is 1. The van der Waals surface area contributed by atoms with Gasteiger partial charge in [-0.15, -0.1) is 0 Å². The van der Waals surface area contributed by atoms with E-state index in [2.05, 4.69) is 31.5 Å². The summed E-state index contributed by atoms with van der Waals surface area (Å²) in [5, 5.41) is 9.03. The molecule has 20 heavy (non-hydrogen) atoms. The number of rotatable bonds is 4. The largest absolute Gasteiger partial charge is 0.319 e. The number of aromatic amines is 1. The minimum absolute atomic E-state index is 0.218. The van der Waals surface area contributed by atoms with Crippen LogP contribution in [0.3, 0.4) is 0 Å². The third-order valence-electron chi connectivity index (χ3n) is 3.42. The van der Waals surface area contributed by atoms with Crippen molar-refractivity contribution in [2.75, 3.05) is 18.4 Å². The molecule has 1 fully saturated rings. The predicted molar refractivity (Wildman–Crippen MR) is 75.3 cm³/mol. The van der Waals surface area contributed by atoms with E-state index < -0.39 is 0 Å². The van der Waals surface area contributed by atoms with Gasteiger partial charge in [0.25, 0.3) is 5.91 Å². The zero-order chi connectivity index (χ0) is 13.8. The predicted octanol–water partition coefficient (Wildman–Crippen LogP) is 1.65. The second-order valence-electron chi connectivity index (χ2n) is 4.97. The fourth-order valence-corrected chi connectivity index (χ4v) is 2.45. The summed E-state index contributed by atoms with van der Waals surface area (Å²) >= 11 is 0. The van der Waals surface area contributed by atoms with Gasteiger partial charge in [-0.3, -0.25) is 14.8 Å². The first-order chi connectivity index (χ1) is 9.81. The summed E-state index contributed by atoms with van der Waals surface area (Å²) in [5.74, 6) is -0.0595. The molecular weight excluding hydrogens is 254 g/mol. The van der Waals surface area contributed by atoms with E-state index in [0.29, 0.717) is 0 Å². The SMILES string of the molecule is O=C(Nc1cccc(CN2CCCC2)c1)c1ncn[nH]1. The average molecular weight is 271 g/mol. The first-order valence-corrected chi connectivity index (χ1v) is 6.79. The molecule has 0 radical (unpaired) electrons. The van der Waals surface area contributed by atoms with E-state index in [0.717, 1.165) is 25.3 Å². The van der Waals surface area contributed by atoms with Crippen LogP contribution in [0.4, 0.5) is 5.69 Å². The Balaban J connectivity index is 1.66. The standard InChI is InChI=1S/C14H17N5O/c20-14(13-15-10-16-18-13)17-12-5-3-4-11(8-12)9-19-6-1-2-7-19/h3-5,8,10H,1-2,6-7,9H2,(H,17,20)(H,15,16,18). The lowest BCUT2D eigenvalue weighted by Gasteiger charge is -2.15. The van der Waals surface area contributed by atoms with Gasteiger partial charge in [-0.2, -0.15) is 5.10 Å². The van der Waals surface area contributed by atoms with Gasteiger partial charge in [0.05, 0.1) is 0 Å². The minimum atomic E-state index is -0.277. The Labute approximate surface area is 117 Å². The second-order valence-corrected chi connectivity index (χ2v) is 4.97. The van der Waals surface area contributed by atoms with Gasteiger partial charge in [-0.05, 0) is 43.6 Å². The molecule has 6 heteroatoms. The fraction of sp³-hybridized carbons (Fsp3) is 0.357. The van der Waals surface area contributed by atoms with Crippen molar-refractivity contribution in [1.29, 1.82) is 0 Å². The van der Waals surface area contributed by atoms with Gasteiger partial charge in [0.1, 0.15) is 6.33 Å². The Kier molecular flexibility index (Phi) is 3.73. The molecule has 0 saturated carbocycles. The number of hydrogen-bond donors (Lipinski definition) is 2. The topological polar surface area (TPSA) is 73.9 Å². The van der Waals surface area contributed by atoms with E-state index in [1.807, 2.05) is 18.2 Å². The number of likely N-dealkylation sites (tertiary alicyclic amines) is 1. The van der Waals surface area contributed by atoms with E-state index >= 15 is 0 Å². The molecule has 2 aromatic rings. The van der Waals surface area contributed by atoms with Crippen LogP contribution in [-0.2, 0) is 6.54 Å². The van der Waals surface area contributed by atoms with Crippen molar-refractivity contribution in [2.24, 2.45) is 0 Å². The van der Waals surface area contributed by atoms with E-state index in [9.17, 15) is 4.79 Å². The molecule has 0 atom stereocenters. The molecule has 1 aromatic heterocycles. The molecule has 0 aliphatic carbocycles. The third-order valence-corrected chi connectivity index (χ3v) is 3.42. The molecule has 6 nitrogen and oxygen atoms in total. The van der Waals surface area contributed by atoms with Crippen LogP contribution in [0.25, 0.3) is 0 Å². The summed E-state index contributed by atoms with van der Waals surface area (Å²) < 4.78 is 0. The van der Waals surface area contributed by atoms with Crippen molar-refractivity contribution in [3.63, 3.8) is 0 Å². The number of carbonyl (C=O) groups is 1. The Morgan fingerprint density at radius 1 is 1.35 bits per heavy atom. The highest BCUT2D eigenvalue weighted by Crippen LogP contribution is 2.16. The molecule has 2 N–H and O–H groups in total. The number of amides is 1. The Hall–Kier alpha value is -2.21. The van der Waals surface area contributed by atoms with Crippen molar-refractivity contribution >= 4 is 11.6 Å². The Morgan fingerprint density at radius 3 is 2.95 bits per heavy atom. The fourth-order valence-electron chi connectivity index (χ4n) is 2.45. The summed E-state index contributed by atoms with van der Waals surface area (Å²) in [6, 6.07) is 7.93. The summed E-state index contributed by atoms with van der Waals surface area (Å²) in [4.78, 5) is 18.1. The number of carbonyl (C=O) groups excluding carboxylic acids is 1. The maximum atomic E-state index is 11.9. The molecule has 1 aliphatic heterocycles. The van der Waals surface area contributed by atoms with Gasteiger partial charge in [0.2, 0.25) is 5.82 Å². The molecule has 0 bridgehead atoms. The van der Waals surface area contributed by atoms with Crippen molar-refractivity contribution in [1.82, 2.24) is 20.1 Å². The van der Waals surface area contributed by atoms with Gasteiger partial charge in [0.15, 0.2) is 0 Å². The second kappa shape index (κ2) is 5.83. The number of aromatic nitrogens is 3. The van der Waals surface area contributed by atoms with Crippen LogP contribution in [0, 0.1) is 0 Å². The lowest BCUT2D eigenvalue weighted by Crippen LogP contribution is -2.18. The van der Waals surface area contributed by atoms with Gasteiger partial charge in [-0.1, -0.05) is 12.1 Å². The molecular formula is C14H17N5O. The zero-order valence-electron chi connectivity index (χ0n) is 11.2. The monoisotopic (exact) mass is 271 g/mol. The number of nitrogens with zero attached hydrogens (tertiary/aromatic N) is 3. The lowest BCUT2D eigenvalue weighted by molar-refractivity contribution is 0.101. The molecule has 1 aromatic carbocycles. The number of benzene rings is 1. The number of hydrogen-bond acceptors (Lipinski definition) is 4. The Morgan fingerprint density at radius 2 is 2.20 bits per heavy atom. The van der Waals surface area contributed by atoms with E-state index in [1.165, 1.54) is 24.7 Å². The van der Waals surface area contributed by atoms with E-state index in [1.54, 1.807) is 0 Å². The van der Waals surface area contributed by atoms with Crippen LogP contribution >= 0.6 is 0 Å². The van der Waals surface area contributed by atoms with E-state index in [-0.39, 0.29) is 11.7 Å². The maximum absolute atomic E-state index is 11.9. The Bertz CT molecular complexity index is 575. The molecule has 1 aliphatic rings. The highest BCUT2D eigenvalue weighted by Gasteiger charge is 2.13. The highest BCUT2D eigenvalue weighted by molar-refractivity contribution is 6.01. The van der Waals surface area contributed by atoms with Crippen molar-refractivity contribution in [3.8, 4) is 0 Å². The normalized spacial score (nSPS) is 15.4. The minimum Gasteiger partial charge on any atom is -0.319 e. The molecule has 1 amide bonds. The quantitative estimate of drug-likeness (QED) is 0.886. The number of nitrogens with one attached hydrogen (secondary N) is 2. The third kappa shape index (κ3) is 3.03. The van der Waals surface area contributed by atoms with Crippen LogP contribution in [0.15, 0.2) is 30.6 Å². The molecule has 3 rings (SSSR count). The molecule has 2 heterocycles. The van der Waals surface area contributed by atoms with Gasteiger partial charge in [0, 0.05) is 12.2 Å². The van der Waals surface area contributed by atoms with Crippen molar-refractivity contribution in [3.05, 3.63) is 42.0 Å². The van der Waals surface area contributed by atoms with Gasteiger partial charge in [-0.25, -0.2) is 4.98 Å². The lowest BCUT2D eigenvalue weighted by atomic mass is 10.2. The van der Waals surface area contributed by atoms with Crippen LogP contribution < -0.4 is 5.32 Å². The first-order valence-electron chi connectivity index (χ1n) is 6.79. The highest BCUT2D eigenvalue weighted by atomic mass is 16.2. The number of anilines is 1. The molecule has 104 valence electrons. The maximum Gasteiger partial charge on any atom is 0.292 e. The van der Waals surface area contributed by atoms with Crippen LogP contribution in [-0.4, -0.2) is 39.1 Å². The zero-order valence-corrected chi connectivity index (χ0v) is 11.2. The van der Waals surface area contributed by atoms with Crippen LogP contribution in [0.1, 0.15) is 29.0 Å². The first kappa shape index (κ1) is 12.8. The van der Waals surface area contributed by atoms with Gasteiger partial charge >= 0.3 is 0 Å². The summed E-state index contributed by atoms with van der Waals surface area (Å²) in [7, 11) is 0. The summed E-state index contributed by atoms with van der Waals surface area (Å²) in [6.45, 7) is 3.26. The summed E-state index contributed by atoms with van der Waals surface area (Å²) in [5.41, 5.74) is 1.99.